The second kappa shape index (κ2) is 5.72. The summed E-state index contributed by atoms with van der Waals surface area (Å²) in [6, 6.07) is 6.65. The fraction of sp³-hybridized carbons (Fsp3) is 0.133. The number of aliphatic hydroxyl groups excluding tert-OH is 1. The van der Waals surface area contributed by atoms with Crippen molar-refractivity contribution in [1.82, 2.24) is 0 Å². The van der Waals surface area contributed by atoms with Crippen LogP contribution in [0.5, 0.6) is 0 Å². The van der Waals surface area contributed by atoms with E-state index in [0.29, 0.717) is 11.4 Å². The number of Topliss-reactive ketones (excluding diaryl/α,β-unsaturated/α-hetero) is 1. The van der Waals surface area contributed by atoms with Crippen molar-refractivity contribution >= 4 is 29.1 Å². The summed E-state index contributed by atoms with van der Waals surface area (Å²) in [4.78, 5) is 34.7. The monoisotopic (exact) mass is 302 g/mol. The molecule has 0 atom stereocenters. The molecule has 1 heterocycles. The Hall–Kier alpha value is -3.09. The molecule has 4 N–H and O–H groups in total. The SMILES string of the molecule is CC(=O)C1=C(O)/C(=C(\C)Nc2ccc(N)cc2)C(=O)OC1=O. The lowest BCUT2D eigenvalue weighted by Crippen LogP contribution is -2.29. The number of esters is 2. The van der Waals surface area contributed by atoms with Crippen LogP contribution in [0, 0.1) is 0 Å². The van der Waals surface area contributed by atoms with E-state index in [9.17, 15) is 19.5 Å². The fourth-order valence-corrected chi connectivity index (χ4v) is 1.99. The van der Waals surface area contributed by atoms with E-state index in [1.54, 1.807) is 24.3 Å². The van der Waals surface area contributed by atoms with Gasteiger partial charge in [-0.2, -0.15) is 0 Å². The molecule has 0 spiro atoms. The minimum absolute atomic E-state index is 0.235. The normalized spacial score (nSPS) is 17.2. The zero-order chi connectivity index (χ0) is 16.4. The summed E-state index contributed by atoms with van der Waals surface area (Å²) in [5, 5.41) is 12.9. The maximum atomic E-state index is 11.8. The summed E-state index contributed by atoms with van der Waals surface area (Å²) >= 11 is 0. The number of benzene rings is 1. The Balaban J connectivity index is 2.46. The Morgan fingerprint density at radius 3 is 2.27 bits per heavy atom. The van der Waals surface area contributed by atoms with E-state index in [1.165, 1.54) is 6.92 Å². The summed E-state index contributed by atoms with van der Waals surface area (Å²) in [6.07, 6.45) is 0. The number of nitrogen functional groups attached to an aromatic ring is 1. The molecule has 0 saturated heterocycles. The predicted octanol–water partition coefficient (Wildman–Crippen LogP) is 1.44. The zero-order valence-electron chi connectivity index (χ0n) is 12.0. The molecule has 0 aliphatic carbocycles. The number of carbonyl (C=O) groups is 3. The molecular formula is C15H14N2O5. The Kier molecular flexibility index (Phi) is 3.98. The Bertz CT molecular complexity index is 729. The second-order valence-electron chi connectivity index (χ2n) is 4.70. The summed E-state index contributed by atoms with van der Waals surface area (Å²) in [5.41, 5.74) is 6.18. The number of anilines is 2. The minimum atomic E-state index is -1.15. The van der Waals surface area contributed by atoms with Crippen molar-refractivity contribution in [2.45, 2.75) is 13.8 Å². The highest BCUT2D eigenvalue weighted by Crippen LogP contribution is 2.25. The minimum Gasteiger partial charge on any atom is -0.506 e. The molecule has 2 rings (SSSR count). The zero-order valence-corrected chi connectivity index (χ0v) is 12.0. The Labute approximate surface area is 126 Å². The van der Waals surface area contributed by atoms with Gasteiger partial charge in [-0.25, -0.2) is 9.59 Å². The summed E-state index contributed by atoms with van der Waals surface area (Å²) in [7, 11) is 0. The number of hydrogen-bond donors (Lipinski definition) is 3. The molecule has 22 heavy (non-hydrogen) atoms. The Morgan fingerprint density at radius 2 is 1.73 bits per heavy atom. The topological polar surface area (TPSA) is 119 Å². The molecule has 7 heteroatoms. The third kappa shape index (κ3) is 2.83. The molecule has 1 aromatic rings. The van der Waals surface area contributed by atoms with Crippen molar-refractivity contribution < 1.29 is 24.2 Å². The van der Waals surface area contributed by atoms with Crippen LogP contribution in [0.15, 0.2) is 46.9 Å². The van der Waals surface area contributed by atoms with E-state index in [-0.39, 0.29) is 11.3 Å². The van der Waals surface area contributed by atoms with E-state index >= 15 is 0 Å². The molecule has 0 bridgehead atoms. The van der Waals surface area contributed by atoms with E-state index in [2.05, 4.69) is 10.1 Å². The van der Waals surface area contributed by atoms with Gasteiger partial charge in [0.2, 0.25) is 0 Å². The number of carbonyl (C=O) groups excluding carboxylic acids is 3. The number of hydrogen-bond acceptors (Lipinski definition) is 7. The lowest BCUT2D eigenvalue weighted by molar-refractivity contribution is -0.155. The van der Waals surface area contributed by atoms with Gasteiger partial charge in [0, 0.05) is 17.1 Å². The van der Waals surface area contributed by atoms with Crippen LogP contribution in [0.2, 0.25) is 0 Å². The van der Waals surface area contributed by atoms with Gasteiger partial charge in [0.15, 0.2) is 5.78 Å². The van der Waals surface area contributed by atoms with Crippen molar-refractivity contribution in [2.24, 2.45) is 0 Å². The van der Waals surface area contributed by atoms with Crippen molar-refractivity contribution in [3.05, 3.63) is 46.9 Å². The quantitative estimate of drug-likeness (QED) is 0.254. The van der Waals surface area contributed by atoms with Crippen molar-refractivity contribution in [3.63, 3.8) is 0 Å². The van der Waals surface area contributed by atoms with Crippen LogP contribution in [-0.2, 0) is 19.1 Å². The standard InChI is InChI=1S/C15H14N2O5/c1-7(17-10-5-3-9(16)4-6-10)11-13(19)12(8(2)18)15(21)22-14(11)20/h3-6,17,19H,16H2,1-2H3/b11-7-. The molecule has 7 nitrogen and oxygen atoms in total. The molecule has 1 aliphatic heterocycles. The number of nitrogens with two attached hydrogens (primary N) is 1. The lowest BCUT2D eigenvalue weighted by atomic mass is 10.0. The third-order valence-electron chi connectivity index (χ3n) is 3.04. The molecule has 0 saturated carbocycles. The van der Waals surface area contributed by atoms with Gasteiger partial charge < -0.3 is 20.9 Å². The first-order valence-corrected chi connectivity index (χ1v) is 6.35. The number of ketones is 1. The van der Waals surface area contributed by atoms with Crippen molar-refractivity contribution in [2.75, 3.05) is 11.1 Å². The molecule has 0 aromatic heterocycles. The van der Waals surface area contributed by atoms with Crippen LogP contribution in [0.25, 0.3) is 0 Å². The van der Waals surface area contributed by atoms with Crippen LogP contribution in [0.4, 0.5) is 11.4 Å². The largest absolute Gasteiger partial charge is 0.506 e. The van der Waals surface area contributed by atoms with E-state index in [0.717, 1.165) is 6.92 Å². The third-order valence-corrected chi connectivity index (χ3v) is 3.04. The van der Waals surface area contributed by atoms with Gasteiger partial charge in [-0.15, -0.1) is 0 Å². The Morgan fingerprint density at radius 1 is 1.14 bits per heavy atom. The number of ether oxygens (including phenoxy) is 1. The first-order chi connectivity index (χ1) is 10.3. The van der Waals surface area contributed by atoms with Crippen LogP contribution >= 0.6 is 0 Å². The first-order valence-electron chi connectivity index (χ1n) is 6.35. The lowest BCUT2D eigenvalue weighted by Gasteiger charge is -2.18. The molecule has 1 aliphatic rings. The van der Waals surface area contributed by atoms with Gasteiger partial charge >= 0.3 is 11.9 Å². The van der Waals surface area contributed by atoms with Gasteiger partial charge in [-0.3, -0.25) is 4.79 Å². The number of aliphatic hydroxyl groups is 1. The number of rotatable bonds is 3. The molecule has 0 unspecified atom stereocenters. The second-order valence-corrected chi connectivity index (χ2v) is 4.70. The summed E-state index contributed by atoms with van der Waals surface area (Å²) in [6.45, 7) is 2.61. The van der Waals surface area contributed by atoms with Gasteiger partial charge in [0.1, 0.15) is 16.9 Å². The average Bonchev–Trinajstić information content (AvgIpc) is 2.40. The van der Waals surface area contributed by atoms with Crippen LogP contribution in [0.3, 0.4) is 0 Å². The first kappa shape index (κ1) is 15.3. The summed E-state index contributed by atoms with van der Waals surface area (Å²) < 4.78 is 4.49. The van der Waals surface area contributed by atoms with Crippen molar-refractivity contribution in [1.29, 1.82) is 0 Å². The maximum absolute atomic E-state index is 11.8. The number of nitrogens with one attached hydrogen (secondary N) is 1. The average molecular weight is 302 g/mol. The van der Waals surface area contributed by atoms with Gasteiger partial charge in [0.05, 0.1) is 0 Å². The highest BCUT2D eigenvalue weighted by molar-refractivity contribution is 6.23. The molecule has 0 radical (unpaired) electrons. The van der Waals surface area contributed by atoms with Gasteiger partial charge in [-0.1, -0.05) is 0 Å². The van der Waals surface area contributed by atoms with Crippen LogP contribution in [0.1, 0.15) is 13.8 Å². The molecule has 0 fully saturated rings. The molecule has 114 valence electrons. The number of allylic oxidation sites excluding steroid dienone is 1. The van der Waals surface area contributed by atoms with E-state index < -0.39 is 29.1 Å². The van der Waals surface area contributed by atoms with Crippen molar-refractivity contribution in [3.8, 4) is 0 Å². The van der Waals surface area contributed by atoms with Gasteiger partial charge in [-0.05, 0) is 38.1 Å². The van der Waals surface area contributed by atoms with E-state index in [1.807, 2.05) is 0 Å². The molecule has 0 amide bonds. The van der Waals surface area contributed by atoms with E-state index in [4.69, 9.17) is 5.73 Å². The highest BCUT2D eigenvalue weighted by Gasteiger charge is 2.36. The maximum Gasteiger partial charge on any atom is 0.353 e. The van der Waals surface area contributed by atoms with Crippen LogP contribution < -0.4 is 11.1 Å². The fourth-order valence-electron chi connectivity index (χ4n) is 1.99. The molecule has 1 aromatic carbocycles. The van der Waals surface area contributed by atoms with Gasteiger partial charge in [0.25, 0.3) is 0 Å². The summed E-state index contributed by atoms with van der Waals surface area (Å²) in [5.74, 6) is -3.55. The van der Waals surface area contributed by atoms with Crippen LogP contribution in [-0.4, -0.2) is 22.8 Å². The molecular weight excluding hydrogens is 288 g/mol. The number of cyclic esters (lactones) is 2. The highest BCUT2D eigenvalue weighted by atomic mass is 16.6. The smallest absolute Gasteiger partial charge is 0.353 e. The predicted molar refractivity (Wildman–Crippen MR) is 78.6 cm³/mol.